The van der Waals surface area contributed by atoms with E-state index in [1.807, 2.05) is 38.1 Å². The number of Topliss-reactive ketones (excluding diaryl/α,β-unsaturated/α-hetero) is 1. The highest BCUT2D eigenvalue weighted by Gasteiger charge is 2.34. The summed E-state index contributed by atoms with van der Waals surface area (Å²) in [5.74, 6) is -0.0192. The van der Waals surface area contributed by atoms with Crippen LogP contribution >= 0.6 is 28.1 Å². The lowest BCUT2D eigenvalue weighted by Gasteiger charge is -2.29. The van der Waals surface area contributed by atoms with E-state index in [-0.39, 0.29) is 27.5 Å². The number of benzene rings is 1. The SMILES string of the molecule is CC1(C)CC(=O)C(C(=S)Nc2ccc(Br)cc2)=C(O)C1. The van der Waals surface area contributed by atoms with Gasteiger partial charge >= 0.3 is 0 Å². The minimum Gasteiger partial charge on any atom is -0.511 e. The van der Waals surface area contributed by atoms with Gasteiger partial charge in [0.25, 0.3) is 0 Å². The molecule has 0 aliphatic heterocycles. The number of aliphatic hydroxyl groups is 1. The fraction of sp³-hybridized carbons (Fsp3) is 0.333. The van der Waals surface area contributed by atoms with Gasteiger partial charge in [-0.25, -0.2) is 0 Å². The van der Waals surface area contributed by atoms with E-state index in [9.17, 15) is 9.90 Å². The minimum absolute atomic E-state index is 0.0841. The standard InChI is InChI=1S/C15H16BrNO2S/c1-15(2)7-11(18)13(12(19)8-15)14(20)17-10-5-3-9(16)4-6-10/h3-6,18H,7-8H2,1-2H3,(H,17,20). The number of carbonyl (C=O) groups excluding carboxylic acids is 1. The van der Waals surface area contributed by atoms with Gasteiger partial charge in [0, 0.05) is 23.0 Å². The number of allylic oxidation sites excluding steroid dienone is 1. The number of aliphatic hydroxyl groups excluding tert-OH is 1. The van der Waals surface area contributed by atoms with Crippen LogP contribution in [0.5, 0.6) is 0 Å². The largest absolute Gasteiger partial charge is 0.511 e. The third-order valence-corrected chi connectivity index (χ3v) is 4.02. The van der Waals surface area contributed by atoms with Crippen LogP contribution in [0, 0.1) is 5.41 Å². The van der Waals surface area contributed by atoms with E-state index >= 15 is 0 Å². The van der Waals surface area contributed by atoms with Crippen LogP contribution in [0.1, 0.15) is 26.7 Å². The van der Waals surface area contributed by atoms with Crippen molar-refractivity contribution in [2.45, 2.75) is 26.7 Å². The molecule has 1 aromatic rings. The fourth-order valence-electron chi connectivity index (χ4n) is 2.27. The van der Waals surface area contributed by atoms with E-state index in [2.05, 4.69) is 21.2 Å². The molecule has 20 heavy (non-hydrogen) atoms. The van der Waals surface area contributed by atoms with E-state index < -0.39 is 0 Å². The second-order valence-corrected chi connectivity index (χ2v) is 7.05. The Hall–Kier alpha value is -1.20. The predicted octanol–water partition coefficient (Wildman–Crippen LogP) is 4.39. The first-order valence-corrected chi connectivity index (χ1v) is 7.51. The summed E-state index contributed by atoms with van der Waals surface area (Å²) in [6.07, 6.45) is 0.866. The molecule has 106 valence electrons. The lowest BCUT2D eigenvalue weighted by Crippen LogP contribution is -2.31. The van der Waals surface area contributed by atoms with Gasteiger partial charge in [-0.15, -0.1) is 0 Å². The second kappa shape index (κ2) is 5.66. The molecule has 0 aromatic heterocycles. The highest BCUT2D eigenvalue weighted by Crippen LogP contribution is 2.36. The fourth-order valence-corrected chi connectivity index (χ4v) is 2.89. The van der Waals surface area contributed by atoms with Gasteiger partial charge in [-0.3, -0.25) is 4.79 Å². The number of hydrogen-bond acceptors (Lipinski definition) is 3. The van der Waals surface area contributed by atoms with Crippen LogP contribution in [-0.4, -0.2) is 15.9 Å². The lowest BCUT2D eigenvalue weighted by atomic mass is 9.76. The zero-order valence-electron chi connectivity index (χ0n) is 11.4. The number of rotatable bonds is 2. The normalized spacial score (nSPS) is 18.1. The zero-order valence-corrected chi connectivity index (χ0v) is 13.8. The molecule has 1 aliphatic rings. The number of thiocarbonyl (C=S) groups is 1. The summed E-state index contributed by atoms with van der Waals surface area (Å²) in [7, 11) is 0. The molecule has 0 unspecified atom stereocenters. The number of hydrogen-bond donors (Lipinski definition) is 2. The summed E-state index contributed by atoms with van der Waals surface area (Å²) < 4.78 is 0.964. The van der Waals surface area contributed by atoms with E-state index in [0.29, 0.717) is 12.8 Å². The van der Waals surface area contributed by atoms with Crippen LogP contribution in [0.2, 0.25) is 0 Å². The van der Waals surface area contributed by atoms with Crippen molar-refractivity contribution in [2.24, 2.45) is 5.41 Å². The highest BCUT2D eigenvalue weighted by atomic mass is 79.9. The molecule has 1 aliphatic carbocycles. The van der Waals surface area contributed by atoms with Crippen LogP contribution < -0.4 is 5.32 Å². The summed E-state index contributed by atoms with van der Waals surface area (Å²) in [5, 5.41) is 13.1. The van der Waals surface area contributed by atoms with E-state index in [0.717, 1.165) is 10.2 Å². The van der Waals surface area contributed by atoms with Gasteiger partial charge < -0.3 is 10.4 Å². The molecule has 2 rings (SSSR count). The number of anilines is 1. The summed E-state index contributed by atoms with van der Waals surface area (Å²) in [4.78, 5) is 12.4. The summed E-state index contributed by atoms with van der Waals surface area (Å²) >= 11 is 8.61. The van der Waals surface area contributed by atoms with Gasteiger partial charge in [-0.2, -0.15) is 0 Å². The van der Waals surface area contributed by atoms with Gasteiger partial charge in [0.15, 0.2) is 5.78 Å². The van der Waals surface area contributed by atoms with Crippen molar-refractivity contribution in [3.8, 4) is 0 Å². The van der Waals surface area contributed by atoms with Crippen LogP contribution in [0.3, 0.4) is 0 Å². The first-order chi connectivity index (χ1) is 9.28. The van der Waals surface area contributed by atoms with Crippen molar-refractivity contribution in [2.75, 3.05) is 5.32 Å². The van der Waals surface area contributed by atoms with Crippen LogP contribution in [0.4, 0.5) is 5.69 Å². The van der Waals surface area contributed by atoms with Crippen LogP contribution in [0.15, 0.2) is 40.1 Å². The molecule has 3 nitrogen and oxygen atoms in total. The highest BCUT2D eigenvalue weighted by molar-refractivity contribution is 9.10. The van der Waals surface area contributed by atoms with Crippen LogP contribution in [0.25, 0.3) is 0 Å². The molecule has 5 heteroatoms. The average Bonchev–Trinajstić information content (AvgIpc) is 2.29. The Morgan fingerprint density at radius 1 is 1.30 bits per heavy atom. The Kier molecular flexibility index (Phi) is 4.30. The van der Waals surface area contributed by atoms with Gasteiger partial charge in [0.05, 0.1) is 5.57 Å². The molecular formula is C15H16BrNO2S. The topological polar surface area (TPSA) is 49.3 Å². The molecule has 1 aromatic carbocycles. The predicted molar refractivity (Wildman–Crippen MR) is 88.0 cm³/mol. The van der Waals surface area contributed by atoms with Crippen molar-refractivity contribution in [3.63, 3.8) is 0 Å². The summed E-state index contributed by atoms with van der Waals surface area (Å²) in [6.45, 7) is 3.92. The van der Waals surface area contributed by atoms with E-state index in [1.165, 1.54) is 0 Å². The summed E-state index contributed by atoms with van der Waals surface area (Å²) in [6, 6.07) is 7.46. The van der Waals surface area contributed by atoms with Crippen molar-refractivity contribution in [1.82, 2.24) is 0 Å². The van der Waals surface area contributed by atoms with Gasteiger partial charge in [0.1, 0.15) is 10.7 Å². The third kappa shape index (κ3) is 3.46. The first-order valence-electron chi connectivity index (χ1n) is 6.31. The molecule has 0 spiro atoms. The quantitative estimate of drug-likeness (QED) is 0.774. The van der Waals surface area contributed by atoms with Gasteiger partial charge in [0.2, 0.25) is 0 Å². The minimum atomic E-state index is -0.210. The van der Waals surface area contributed by atoms with Crippen LogP contribution in [-0.2, 0) is 4.79 Å². The molecular weight excluding hydrogens is 338 g/mol. The van der Waals surface area contributed by atoms with Crippen molar-refractivity contribution >= 4 is 44.6 Å². The number of nitrogens with one attached hydrogen (secondary N) is 1. The van der Waals surface area contributed by atoms with Crippen molar-refractivity contribution < 1.29 is 9.90 Å². The van der Waals surface area contributed by atoms with Gasteiger partial charge in [-0.1, -0.05) is 42.0 Å². The number of halogens is 1. The maximum atomic E-state index is 12.2. The van der Waals surface area contributed by atoms with Crippen molar-refractivity contribution in [3.05, 3.63) is 40.1 Å². The first kappa shape index (κ1) is 15.2. The van der Waals surface area contributed by atoms with E-state index in [1.54, 1.807) is 0 Å². The Morgan fingerprint density at radius 3 is 2.45 bits per heavy atom. The van der Waals surface area contributed by atoms with Gasteiger partial charge in [-0.05, 0) is 29.7 Å². The lowest BCUT2D eigenvalue weighted by molar-refractivity contribution is -0.117. The zero-order chi connectivity index (χ0) is 14.9. The third-order valence-electron chi connectivity index (χ3n) is 3.18. The van der Waals surface area contributed by atoms with E-state index in [4.69, 9.17) is 12.2 Å². The Bertz CT molecular complexity index is 590. The molecule has 0 bridgehead atoms. The maximum Gasteiger partial charge on any atom is 0.169 e. The maximum absolute atomic E-state index is 12.2. The monoisotopic (exact) mass is 353 g/mol. The Labute approximate surface area is 132 Å². The molecule has 0 amide bonds. The Morgan fingerprint density at radius 2 is 1.90 bits per heavy atom. The molecule has 0 radical (unpaired) electrons. The molecule has 0 heterocycles. The smallest absolute Gasteiger partial charge is 0.169 e. The number of ketones is 1. The summed E-state index contributed by atoms with van der Waals surface area (Å²) in [5.41, 5.74) is 0.830. The average molecular weight is 354 g/mol. The molecule has 2 N–H and O–H groups in total. The second-order valence-electron chi connectivity index (χ2n) is 5.72. The molecule has 0 saturated carbocycles. The molecule has 0 saturated heterocycles. The number of carbonyl (C=O) groups is 1. The molecule has 0 atom stereocenters. The Balaban J connectivity index is 2.20. The van der Waals surface area contributed by atoms with Crippen molar-refractivity contribution in [1.29, 1.82) is 0 Å². The molecule has 0 fully saturated rings.